The highest BCUT2D eigenvalue weighted by Crippen LogP contribution is 2.28. The average molecular weight is 389 g/mol. The Morgan fingerprint density at radius 2 is 1.89 bits per heavy atom. The van der Waals surface area contributed by atoms with Gasteiger partial charge in [0, 0.05) is 14.8 Å². The fourth-order valence-corrected chi connectivity index (χ4v) is 2.62. The van der Waals surface area contributed by atoms with E-state index in [1.807, 2.05) is 42.5 Å². The summed E-state index contributed by atoms with van der Waals surface area (Å²) in [6.07, 6.45) is 0. The third-order valence-electron chi connectivity index (χ3n) is 2.39. The zero-order valence-electron chi connectivity index (χ0n) is 9.28. The minimum Gasteiger partial charge on any atom is -0.389 e. The van der Waals surface area contributed by atoms with E-state index in [9.17, 15) is 0 Å². The van der Waals surface area contributed by atoms with Crippen molar-refractivity contribution in [2.24, 2.45) is 5.73 Å². The molecular formula is C13H10ClIN2S. The van der Waals surface area contributed by atoms with Crippen molar-refractivity contribution in [3.63, 3.8) is 0 Å². The Labute approximate surface area is 130 Å². The van der Waals surface area contributed by atoms with E-state index >= 15 is 0 Å². The van der Waals surface area contributed by atoms with Gasteiger partial charge >= 0.3 is 0 Å². The molecule has 2 aromatic rings. The molecule has 0 amide bonds. The topological polar surface area (TPSA) is 38.0 Å². The van der Waals surface area contributed by atoms with Gasteiger partial charge in [0.05, 0.1) is 10.7 Å². The van der Waals surface area contributed by atoms with E-state index in [1.165, 1.54) is 0 Å². The van der Waals surface area contributed by atoms with Crippen LogP contribution in [0.2, 0.25) is 5.02 Å². The Kier molecular flexibility index (Phi) is 4.42. The van der Waals surface area contributed by atoms with Crippen LogP contribution < -0.4 is 11.1 Å². The minimum absolute atomic E-state index is 0.361. The number of nitrogens with two attached hydrogens (primary N) is 1. The molecule has 2 aromatic carbocycles. The predicted molar refractivity (Wildman–Crippen MR) is 89.8 cm³/mol. The van der Waals surface area contributed by atoms with Crippen LogP contribution >= 0.6 is 46.4 Å². The second-order valence-electron chi connectivity index (χ2n) is 3.66. The first-order valence-electron chi connectivity index (χ1n) is 5.19. The highest BCUT2D eigenvalue weighted by molar-refractivity contribution is 14.1. The van der Waals surface area contributed by atoms with E-state index in [2.05, 4.69) is 27.9 Å². The zero-order valence-corrected chi connectivity index (χ0v) is 13.0. The third kappa shape index (κ3) is 3.13. The van der Waals surface area contributed by atoms with Crippen molar-refractivity contribution in [1.29, 1.82) is 0 Å². The van der Waals surface area contributed by atoms with Gasteiger partial charge in [-0.25, -0.2) is 0 Å². The van der Waals surface area contributed by atoms with Crippen LogP contribution in [0.3, 0.4) is 0 Å². The van der Waals surface area contributed by atoms with Gasteiger partial charge in [-0.15, -0.1) is 0 Å². The minimum atomic E-state index is 0.361. The number of rotatable bonds is 3. The van der Waals surface area contributed by atoms with Gasteiger partial charge < -0.3 is 11.1 Å². The number of nitrogens with one attached hydrogen (secondary N) is 1. The first kappa shape index (κ1) is 13.6. The van der Waals surface area contributed by atoms with Crippen molar-refractivity contribution in [2.75, 3.05) is 5.32 Å². The van der Waals surface area contributed by atoms with Crippen molar-refractivity contribution in [1.82, 2.24) is 0 Å². The number of hydrogen-bond donors (Lipinski definition) is 2. The van der Waals surface area contributed by atoms with Crippen LogP contribution in [0.5, 0.6) is 0 Å². The molecule has 0 bridgehead atoms. The van der Waals surface area contributed by atoms with Crippen molar-refractivity contribution in [2.45, 2.75) is 0 Å². The molecule has 0 fully saturated rings. The lowest BCUT2D eigenvalue weighted by Crippen LogP contribution is -2.11. The second kappa shape index (κ2) is 5.86. The quantitative estimate of drug-likeness (QED) is 0.607. The standard InChI is InChI=1S/C13H10ClIN2S/c14-10-7-8(15)5-6-12(10)17-11-4-2-1-3-9(11)13(16)18/h1-7,17H,(H2,16,18). The molecule has 0 atom stereocenters. The van der Waals surface area contributed by atoms with Crippen molar-refractivity contribution >= 4 is 62.8 Å². The summed E-state index contributed by atoms with van der Waals surface area (Å²) in [6.45, 7) is 0. The number of benzene rings is 2. The summed E-state index contributed by atoms with van der Waals surface area (Å²) >= 11 is 13.4. The zero-order chi connectivity index (χ0) is 13.1. The molecule has 2 rings (SSSR count). The Balaban J connectivity index is 2.37. The van der Waals surface area contributed by atoms with Gasteiger partial charge in [-0.3, -0.25) is 0 Å². The Morgan fingerprint density at radius 3 is 2.56 bits per heavy atom. The van der Waals surface area contributed by atoms with Crippen molar-refractivity contribution in [3.05, 3.63) is 56.6 Å². The molecule has 18 heavy (non-hydrogen) atoms. The molecule has 2 nitrogen and oxygen atoms in total. The molecule has 0 aliphatic rings. The van der Waals surface area contributed by atoms with Crippen LogP contribution in [0.4, 0.5) is 11.4 Å². The van der Waals surface area contributed by atoms with Gasteiger partial charge in [-0.1, -0.05) is 36.0 Å². The van der Waals surface area contributed by atoms with E-state index in [-0.39, 0.29) is 0 Å². The number of anilines is 2. The predicted octanol–water partition coefficient (Wildman–Crippen LogP) is 4.32. The monoisotopic (exact) mass is 388 g/mol. The van der Waals surface area contributed by atoms with E-state index in [0.717, 1.165) is 20.5 Å². The van der Waals surface area contributed by atoms with Crippen LogP contribution in [-0.2, 0) is 0 Å². The first-order chi connectivity index (χ1) is 8.58. The van der Waals surface area contributed by atoms with E-state index in [4.69, 9.17) is 29.6 Å². The van der Waals surface area contributed by atoms with Gasteiger partial charge in [-0.05, 0) is 52.9 Å². The molecule has 0 saturated heterocycles. The maximum absolute atomic E-state index is 6.18. The number of thiocarbonyl (C=S) groups is 1. The molecule has 92 valence electrons. The maximum atomic E-state index is 6.18. The Morgan fingerprint density at radius 1 is 1.17 bits per heavy atom. The fourth-order valence-electron chi connectivity index (χ4n) is 1.54. The second-order valence-corrected chi connectivity index (χ2v) is 5.75. The normalized spacial score (nSPS) is 10.1. The first-order valence-corrected chi connectivity index (χ1v) is 7.05. The van der Waals surface area contributed by atoms with Gasteiger partial charge in [0.2, 0.25) is 0 Å². The maximum Gasteiger partial charge on any atom is 0.106 e. The smallest absolute Gasteiger partial charge is 0.106 e. The number of hydrogen-bond acceptors (Lipinski definition) is 2. The largest absolute Gasteiger partial charge is 0.389 e. The fraction of sp³-hybridized carbons (Fsp3) is 0. The van der Waals surface area contributed by atoms with Gasteiger partial charge in [-0.2, -0.15) is 0 Å². The highest BCUT2D eigenvalue weighted by Gasteiger charge is 2.06. The summed E-state index contributed by atoms with van der Waals surface area (Å²) in [5.41, 5.74) is 8.18. The third-order valence-corrected chi connectivity index (χ3v) is 3.60. The summed E-state index contributed by atoms with van der Waals surface area (Å²) in [5, 5.41) is 3.91. The van der Waals surface area contributed by atoms with Gasteiger partial charge in [0.15, 0.2) is 0 Å². The van der Waals surface area contributed by atoms with Crippen LogP contribution in [0.1, 0.15) is 5.56 Å². The van der Waals surface area contributed by atoms with Gasteiger partial charge in [0.25, 0.3) is 0 Å². The lowest BCUT2D eigenvalue weighted by molar-refractivity contribution is 1.51. The van der Waals surface area contributed by atoms with Crippen LogP contribution in [-0.4, -0.2) is 4.99 Å². The molecule has 0 radical (unpaired) electrons. The summed E-state index contributed by atoms with van der Waals surface area (Å²) in [5.74, 6) is 0. The molecule has 0 heterocycles. The summed E-state index contributed by atoms with van der Waals surface area (Å²) in [6, 6.07) is 13.4. The molecule has 5 heteroatoms. The van der Waals surface area contributed by atoms with Crippen LogP contribution in [0.25, 0.3) is 0 Å². The molecule has 0 unspecified atom stereocenters. The average Bonchev–Trinajstić information content (AvgIpc) is 2.33. The number of para-hydroxylation sites is 1. The Bertz CT molecular complexity index is 601. The lowest BCUT2D eigenvalue weighted by atomic mass is 10.1. The van der Waals surface area contributed by atoms with Gasteiger partial charge in [0.1, 0.15) is 4.99 Å². The SMILES string of the molecule is NC(=S)c1ccccc1Nc1ccc(I)cc1Cl. The molecule has 0 aliphatic carbocycles. The van der Waals surface area contributed by atoms with Crippen molar-refractivity contribution < 1.29 is 0 Å². The Hall–Kier alpha value is -0.850. The van der Waals surface area contributed by atoms with E-state index < -0.39 is 0 Å². The highest BCUT2D eigenvalue weighted by atomic mass is 127. The van der Waals surface area contributed by atoms with E-state index in [1.54, 1.807) is 0 Å². The molecule has 0 saturated carbocycles. The van der Waals surface area contributed by atoms with Crippen LogP contribution in [0, 0.1) is 3.57 Å². The molecule has 0 aliphatic heterocycles. The summed E-state index contributed by atoms with van der Waals surface area (Å²) < 4.78 is 1.09. The summed E-state index contributed by atoms with van der Waals surface area (Å²) in [7, 11) is 0. The molecule has 0 aromatic heterocycles. The number of halogens is 2. The van der Waals surface area contributed by atoms with Crippen LogP contribution in [0.15, 0.2) is 42.5 Å². The molecule has 0 spiro atoms. The van der Waals surface area contributed by atoms with E-state index in [0.29, 0.717) is 10.0 Å². The summed E-state index contributed by atoms with van der Waals surface area (Å²) in [4.78, 5) is 0.361. The van der Waals surface area contributed by atoms with Crippen molar-refractivity contribution in [3.8, 4) is 0 Å². The molecule has 3 N–H and O–H groups in total. The molecular weight excluding hydrogens is 379 g/mol. The lowest BCUT2D eigenvalue weighted by Gasteiger charge is -2.12.